The Balaban J connectivity index is 1.92. The van der Waals surface area contributed by atoms with Gasteiger partial charge in [-0.1, -0.05) is 23.7 Å². The molecular weight excluding hydrogens is 468 g/mol. The van der Waals surface area contributed by atoms with Gasteiger partial charge in [-0.25, -0.2) is 9.59 Å². The molecule has 0 unspecified atom stereocenters. The monoisotopic (exact) mass is 496 g/mol. The Morgan fingerprint density at radius 2 is 1.91 bits per heavy atom. The van der Waals surface area contributed by atoms with Crippen LogP contribution >= 0.6 is 11.6 Å². The Morgan fingerprint density at radius 1 is 1.23 bits per heavy atom. The van der Waals surface area contributed by atoms with Crippen LogP contribution in [0.4, 0.5) is 10.5 Å². The van der Waals surface area contributed by atoms with Gasteiger partial charge in [0.05, 0.1) is 29.5 Å². The summed E-state index contributed by atoms with van der Waals surface area (Å²) in [5.74, 6) is -1.09. The average molecular weight is 497 g/mol. The first-order valence-electron chi connectivity index (χ1n) is 11.8. The van der Waals surface area contributed by atoms with Crippen LogP contribution in [-0.4, -0.2) is 40.0 Å². The van der Waals surface area contributed by atoms with Crippen LogP contribution in [-0.2, 0) is 20.8 Å². The highest BCUT2D eigenvalue weighted by Crippen LogP contribution is 2.49. The summed E-state index contributed by atoms with van der Waals surface area (Å²) >= 11 is 6.19. The number of hydrogen-bond acceptors (Lipinski definition) is 4. The van der Waals surface area contributed by atoms with E-state index < -0.39 is 23.8 Å². The fourth-order valence-electron chi connectivity index (χ4n) is 5.42. The summed E-state index contributed by atoms with van der Waals surface area (Å²) in [6.07, 6.45) is -0.936. The van der Waals surface area contributed by atoms with Crippen LogP contribution in [0.1, 0.15) is 50.1 Å². The summed E-state index contributed by atoms with van der Waals surface area (Å²) in [7, 11) is 0. The van der Waals surface area contributed by atoms with Gasteiger partial charge in [-0.3, -0.25) is 4.90 Å². The number of aromatic nitrogens is 1. The van der Waals surface area contributed by atoms with Gasteiger partial charge in [0, 0.05) is 34.6 Å². The number of aliphatic carboxylic acids is 1. The van der Waals surface area contributed by atoms with Gasteiger partial charge in [0.15, 0.2) is 6.10 Å². The molecule has 2 aliphatic rings. The summed E-state index contributed by atoms with van der Waals surface area (Å²) in [5.41, 5.74) is 4.79. The van der Waals surface area contributed by atoms with Gasteiger partial charge in [0.2, 0.25) is 0 Å². The molecule has 0 saturated carbocycles. The predicted octanol–water partition coefficient (Wildman–Crippen LogP) is 6.25. The number of carboxylic acids is 1. The van der Waals surface area contributed by atoms with Crippen molar-refractivity contribution in [2.75, 3.05) is 11.5 Å². The number of cyclic esters (lactones) is 1. The van der Waals surface area contributed by atoms with E-state index in [9.17, 15) is 14.7 Å². The van der Waals surface area contributed by atoms with Crippen molar-refractivity contribution in [3.05, 3.63) is 52.2 Å². The van der Waals surface area contributed by atoms with E-state index in [-0.39, 0.29) is 6.04 Å². The largest absolute Gasteiger partial charge is 0.479 e. The number of anilines is 1. The molecule has 1 saturated heterocycles. The summed E-state index contributed by atoms with van der Waals surface area (Å²) in [5, 5.41) is 11.8. The van der Waals surface area contributed by atoms with E-state index in [1.165, 1.54) is 0 Å². The minimum absolute atomic E-state index is 0.0576. The number of ether oxygens (including phenoxy) is 2. The standard InChI is InChI=1S/C27H29ClN2O5/c1-14-12-19-21(16-6-8-17(28)9-7-16)20(24(25(31)32)35-27(3,4)5)15(2)22-23(19)29(14)13-18-10-11-34-26(33)30(18)22/h6-9,12,18,24H,10-11,13H2,1-5H3,(H,31,32)/t18-,24-/m0/s1. The van der Waals surface area contributed by atoms with Gasteiger partial charge in [-0.2, -0.15) is 0 Å². The maximum Gasteiger partial charge on any atom is 0.414 e. The summed E-state index contributed by atoms with van der Waals surface area (Å²) in [6, 6.07) is 9.40. The summed E-state index contributed by atoms with van der Waals surface area (Å²) < 4.78 is 13.8. The average Bonchev–Trinajstić information content (AvgIpc) is 3.10. The topological polar surface area (TPSA) is 81.0 Å². The van der Waals surface area contributed by atoms with Crippen LogP contribution in [0, 0.1) is 13.8 Å². The van der Waals surface area contributed by atoms with Gasteiger partial charge in [-0.15, -0.1) is 0 Å². The Bertz CT molecular complexity index is 1350. The quantitative estimate of drug-likeness (QED) is 0.461. The third-order valence-corrected chi connectivity index (χ3v) is 7.04. The molecule has 2 aromatic carbocycles. The molecule has 1 fully saturated rings. The van der Waals surface area contributed by atoms with Crippen molar-refractivity contribution in [2.24, 2.45) is 0 Å². The third-order valence-electron chi connectivity index (χ3n) is 6.79. The zero-order valence-electron chi connectivity index (χ0n) is 20.5. The molecule has 0 radical (unpaired) electrons. The number of aryl methyl sites for hydroxylation is 1. The molecule has 5 rings (SSSR count). The zero-order valence-corrected chi connectivity index (χ0v) is 21.3. The molecule has 184 valence electrons. The van der Waals surface area contributed by atoms with E-state index >= 15 is 0 Å². The van der Waals surface area contributed by atoms with Gasteiger partial charge < -0.3 is 19.1 Å². The van der Waals surface area contributed by atoms with Gasteiger partial charge >= 0.3 is 12.1 Å². The molecular formula is C27H29ClN2O5. The second-order valence-corrected chi connectivity index (χ2v) is 10.7. The van der Waals surface area contributed by atoms with Gasteiger partial charge in [0.25, 0.3) is 0 Å². The molecule has 2 aliphatic heterocycles. The van der Waals surface area contributed by atoms with Crippen molar-refractivity contribution in [3.8, 4) is 11.1 Å². The predicted molar refractivity (Wildman–Crippen MR) is 135 cm³/mol. The van der Waals surface area contributed by atoms with Crippen molar-refractivity contribution in [3.63, 3.8) is 0 Å². The van der Waals surface area contributed by atoms with Crippen molar-refractivity contribution in [1.29, 1.82) is 0 Å². The van der Waals surface area contributed by atoms with E-state index in [0.717, 1.165) is 27.7 Å². The second-order valence-electron chi connectivity index (χ2n) is 10.3. The number of halogens is 1. The Hall–Kier alpha value is -3.03. The molecule has 7 nitrogen and oxygen atoms in total. The van der Waals surface area contributed by atoms with Crippen LogP contribution in [0.25, 0.3) is 22.0 Å². The molecule has 35 heavy (non-hydrogen) atoms. The van der Waals surface area contributed by atoms with Crippen LogP contribution in [0.3, 0.4) is 0 Å². The number of carbonyl (C=O) groups is 2. The van der Waals surface area contributed by atoms with E-state index in [4.69, 9.17) is 21.1 Å². The van der Waals surface area contributed by atoms with Crippen LogP contribution in [0.5, 0.6) is 0 Å². The van der Waals surface area contributed by atoms with E-state index in [1.54, 1.807) is 17.0 Å². The zero-order chi connectivity index (χ0) is 25.2. The normalized spacial score (nSPS) is 18.4. The number of hydrogen-bond donors (Lipinski definition) is 1. The van der Waals surface area contributed by atoms with E-state index in [2.05, 4.69) is 10.6 Å². The molecule has 0 spiro atoms. The number of amides is 1. The maximum atomic E-state index is 13.0. The second kappa shape index (κ2) is 8.28. The van der Waals surface area contributed by atoms with Crippen LogP contribution in [0.15, 0.2) is 30.3 Å². The number of fused-ring (bicyclic) bond motifs is 2. The Morgan fingerprint density at radius 3 is 2.54 bits per heavy atom. The summed E-state index contributed by atoms with van der Waals surface area (Å²) in [4.78, 5) is 27.4. The molecule has 3 heterocycles. The molecule has 0 aliphatic carbocycles. The molecule has 8 heteroatoms. The lowest BCUT2D eigenvalue weighted by atomic mass is 9.86. The number of benzene rings is 2. The number of nitrogens with zero attached hydrogens (tertiary/aromatic N) is 2. The highest BCUT2D eigenvalue weighted by atomic mass is 35.5. The molecule has 1 N–H and O–H groups in total. The first-order valence-corrected chi connectivity index (χ1v) is 12.1. The lowest BCUT2D eigenvalue weighted by Crippen LogP contribution is -2.50. The number of rotatable bonds is 4. The third kappa shape index (κ3) is 3.87. The maximum absolute atomic E-state index is 13.0. The number of carbonyl (C=O) groups excluding carboxylic acids is 1. The first kappa shape index (κ1) is 23.7. The molecule has 2 atom stereocenters. The lowest BCUT2D eigenvalue weighted by molar-refractivity contribution is -0.160. The molecule has 0 bridgehead atoms. The minimum atomic E-state index is -1.24. The first-order chi connectivity index (χ1) is 16.5. The Labute approximate surface area is 209 Å². The van der Waals surface area contributed by atoms with Crippen molar-refractivity contribution in [1.82, 2.24) is 4.57 Å². The lowest BCUT2D eigenvalue weighted by Gasteiger charge is -2.41. The highest BCUT2D eigenvalue weighted by Gasteiger charge is 2.41. The van der Waals surface area contributed by atoms with Crippen LogP contribution in [0.2, 0.25) is 5.02 Å². The number of carboxylic acid groups (broad SMARTS) is 1. The fraction of sp³-hybridized carbons (Fsp3) is 0.407. The molecule has 3 aromatic rings. The van der Waals surface area contributed by atoms with Crippen molar-refractivity contribution < 1.29 is 24.2 Å². The smallest absolute Gasteiger partial charge is 0.414 e. The van der Waals surface area contributed by atoms with Crippen molar-refractivity contribution in [2.45, 2.75) is 65.3 Å². The van der Waals surface area contributed by atoms with E-state index in [1.807, 2.05) is 46.8 Å². The molecule has 1 amide bonds. The minimum Gasteiger partial charge on any atom is -0.479 e. The Kier molecular flexibility index (Phi) is 5.61. The highest BCUT2D eigenvalue weighted by molar-refractivity contribution is 6.30. The van der Waals surface area contributed by atoms with Crippen LogP contribution < -0.4 is 4.90 Å². The SMILES string of the molecule is Cc1c([C@H](OC(C)(C)C)C(=O)O)c(-c2ccc(Cl)cc2)c2cc(C)n3c2c1N1C(=O)OCC[C@H]1C3. The van der Waals surface area contributed by atoms with Gasteiger partial charge in [0.1, 0.15) is 0 Å². The van der Waals surface area contributed by atoms with E-state index in [0.29, 0.717) is 41.4 Å². The fourth-order valence-corrected chi connectivity index (χ4v) is 5.55. The molecule has 1 aromatic heterocycles. The van der Waals surface area contributed by atoms with Gasteiger partial charge in [-0.05, 0) is 69.5 Å². The van der Waals surface area contributed by atoms with Crippen molar-refractivity contribution >= 4 is 40.3 Å². The summed E-state index contributed by atoms with van der Waals surface area (Å²) in [6.45, 7) is 10.5.